The van der Waals surface area contributed by atoms with Gasteiger partial charge in [-0.05, 0) is 25.0 Å². The number of hydrogen-bond donors (Lipinski definition) is 1. The molecule has 1 aliphatic heterocycles. The molecule has 0 spiro atoms. The molecule has 34 heavy (non-hydrogen) atoms. The lowest BCUT2D eigenvalue weighted by atomic mass is 9.86. The second-order valence-corrected chi connectivity index (χ2v) is 8.79. The van der Waals surface area contributed by atoms with Crippen LogP contribution in [0.25, 0.3) is 22.2 Å². The molecule has 3 aromatic carbocycles. The first-order chi connectivity index (χ1) is 16.6. The van der Waals surface area contributed by atoms with E-state index >= 15 is 0 Å². The van der Waals surface area contributed by atoms with Gasteiger partial charge in [-0.15, -0.1) is 0 Å². The summed E-state index contributed by atoms with van der Waals surface area (Å²) in [4.78, 5) is 27.7. The number of anilines is 3. The zero-order valence-electron chi connectivity index (χ0n) is 18.5. The molecule has 1 fully saturated rings. The monoisotopic (exact) mass is 452 g/mol. The molecule has 1 N–H and O–H groups in total. The van der Waals surface area contributed by atoms with Crippen LogP contribution in [-0.2, 0) is 0 Å². The van der Waals surface area contributed by atoms with E-state index in [0.29, 0.717) is 39.2 Å². The summed E-state index contributed by atoms with van der Waals surface area (Å²) in [5.41, 5.74) is 4.17. The van der Waals surface area contributed by atoms with Gasteiger partial charge in [0, 0.05) is 35.5 Å². The maximum absolute atomic E-state index is 13.7. The zero-order valence-corrected chi connectivity index (χ0v) is 18.5. The summed E-state index contributed by atoms with van der Waals surface area (Å²) in [7, 11) is 0. The van der Waals surface area contributed by atoms with Crippen molar-refractivity contribution < 1.29 is 19.2 Å². The van der Waals surface area contributed by atoms with Crippen LogP contribution in [0.3, 0.4) is 0 Å². The number of benzene rings is 3. The molecule has 1 saturated heterocycles. The van der Waals surface area contributed by atoms with Crippen molar-refractivity contribution >= 4 is 39.7 Å². The minimum atomic E-state index is -1.28. The first-order valence-electron chi connectivity index (χ1n) is 11.6. The van der Waals surface area contributed by atoms with E-state index in [-0.39, 0.29) is 11.3 Å². The summed E-state index contributed by atoms with van der Waals surface area (Å²) in [5.74, 6) is -0.867. The highest BCUT2D eigenvalue weighted by Crippen LogP contribution is 2.46. The van der Waals surface area contributed by atoms with Gasteiger partial charge in [-0.25, -0.2) is 0 Å². The molecule has 2 aliphatic rings. The van der Waals surface area contributed by atoms with Crippen molar-refractivity contribution in [1.29, 1.82) is 0 Å². The average Bonchev–Trinajstić information content (AvgIpc) is 3.11. The second-order valence-electron chi connectivity index (χ2n) is 8.79. The third kappa shape index (κ3) is 3.15. The molecular weight excluding hydrogens is 430 g/mol. The first kappa shape index (κ1) is 20.5. The fraction of sp³-hybridized carbons (Fsp3) is 0.222. The van der Waals surface area contributed by atoms with Gasteiger partial charge in [0.15, 0.2) is 11.5 Å². The summed E-state index contributed by atoms with van der Waals surface area (Å²) in [6.07, 6.45) is 4.51. The molecule has 170 valence electrons. The lowest BCUT2D eigenvalue weighted by Crippen LogP contribution is -2.25. The van der Waals surface area contributed by atoms with Gasteiger partial charge in [0.05, 0.1) is 28.3 Å². The average molecular weight is 452 g/mol. The summed E-state index contributed by atoms with van der Waals surface area (Å²) in [6, 6.07) is 15.8. The Morgan fingerprint density at radius 2 is 1.65 bits per heavy atom. The van der Waals surface area contributed by atoms with Crippen LogP contribution in [0.1, 0.15) is 52.0 Å². The van der Waals surface area contributed by atoms with E-state index in [1.807, 2.05) is 24.3 Å². The maximum Gasteiger partial charge on any atom is 0.196 e. The van der Waals surface area contributed by atoms with Gasteiger partial charge < -0.3 is 24.6 Å². The van der Waals surface area contributed by atoms with Crippen molar-refractivity contribution in [1.82, 2.24) is 5.16 Å². The van der Waals surface area contributed by atoms with Gasteiger partial charge in [-0.1, -0.05) is 60.5 Å². The Morgan fingerprint density at radius 3 is 2.41 bits per heavy atom. The minimum absolute atomic E-state index is 0.0281. The van der Waals surface area contributed by atoms with Crippen molar-refractivity contribution in [2.75, 3.05) is 23.3 Å². The third-order valence-corrected chi connectivity index (χ3v) is 6.74. The van der Waals surface area contributed by atoms with E-state index in [4.69, 9.17) is 4.52 Å². The fourth-order valence-corrected chi connectivity index (χ4v) is 5.11. The number of hydrogen-bond acceptors (Lipinski definition) is 7. The molecule has 0 bridgehead atoms. The number of aromatic nitrogens is 1. The number of ketones is 1. The first-order valence-corrected chi connectivity index (χ1v) is 11.6. The van der Waals surface area contributed by atoms with Crippen LogP contribution >= 0.6 is 0 Å². The van der Waals surface area contributed by atoms with Crippen molar-refractivity contribution in [3.8, 4) is 11.3 Å². The Kier molecular flexibility index (Phi) is 4.83. The lowest BCUT2D eigenvalue weighted by molar-refractivity contribution is -0.254. The van der Waals surface area contributed by atoms with E-state index in [9.17, 15) is 14.7 Å². The Hall–Kier alpha value is -4.13. The van der Waals surface area contributed by atoms with E-state index < -0.39 is 5.97 Å². The number of carboxylic acids is 1. The number of nitrogens with zero attached hydrogens (tertiary/aromatic N) is 2. The van der Waals surface area contributed by atoms with Crippen molar-refractivity contribution in [3.63, 3.8) is 0 Å². The number of carbonyl (C=O) groups excluding carboxylic acids is 2. The van der Waals surface area contributed by atoms with Gasteiger partial charge in [0.25, 0.3) is 0 Å². The van der Waals surface area contributed by atoms with E-state index in [2.05, 4.69) is 15.4 Å². The molecule has 0 amide bonds. The van der Waals surface area contributed by atoms with Crippen LogP contribution in [0.4, 0.5) is 17.1 Å². The Labute approximate surface area is 196 Å². The molecule has 0 radical (unpaired) electrons. The largest absolute Gasteiger partial charge is 0.545 e. The zero-order chi connectivity index (χ0) is 23.2. The highest BCUT2D eigenvalue weighted by molar-refractivity contribution is 6.29. The molecule has 4 aromatic rings. The number of rotatable bonds is 4. The smallest absolute Gasteiger partial charge is 0.196 e. The number of fused-ring (bicyclic) bond motifs is 2. The summed E-state index contributed by atoms with van der Waals surface area (Å²) < 4.78 is 5.84. The van der Waals surface area contributed by atoms with Gasteiger partial charge in [-0.3, -0.25) is 4.79 Å². The Morgan fingerprint density at radius 1 is 0.941 bits per heavy atom. The molecule has 7 heteroatoms. The molecule has 0 atom stereocenters. The van der Waals surface area contributed by atoms with Gasteiger partial charge in [0.2, 0.25) is 0 Å². The Bertz CT molecular complexity index is 1450. The van der Waals surface area contributed by atoms with Crippen LogP contribution in [-0.4, -0.2) is 30.0 Å². The second kappa shape index (κ2) is 8.02. The number of carbonyl (C=O) groups is 2. The van der Waals surface area contributed by atoms with Crippen molar-refractivity contribution in [2.45, 2.75) is 25.7 Å². The van der Waals surface area contributed by atoms with Crippen molar-refractivity contribution in [2.24, 2.45) is 0 Å². The molecule has 0 saturated carbocycles. The van der Waals surface area contributed by atoms with E-state index in [1.165, 1.54) is 18.9 Å². The molecule has 1 aliphatic carbocycles. The van der Waals surface area contributed by atoms with Crippen LogP contribution in [0.5, 0.6) is 0 Å². The minimum Gasteiger partial charge on any atom is -0.545 e. The molecule has 2 heterocycles. The number of aromatic carboxylic acids is 1. The highest BCUT2D eigenvalue weighted by Gasteiger charge is 2.33. The summed E-state index contributed by atoms with van der Waals surface area (Å²) in [6.45, 7) is 1.77. The third-order valence-electron chi connectivity index (χ3n) is 6.74. The lowest BCUT2D eigenvalue weighted by Gasteiger charge is -2.26. The SMILES string of the molecule is O=C([O-])c1ccccc1Nc1cc(N2CCCCCC2)c2noc3c2c1C(=O)c1ccccc1-3. The van der Waals surface area contributed by atoms with Crippen LogP contribution < -0.4 is 15.3 Å². The highest BCUT2D eigenvalue weighted by atomic mass is 16.5. The van der Waals surface area contributed by atoms with E-state index in [0.717, 1.165) is 37.2 Å². The van der Waals surface area contributed by atoms with Crippen LogP contribution in [0, 0.1) is 0 Å². The molecule has 6 rings (SSSR count). The molecule has 0 unspecified atom stereocenters. The molecule has 1 aromatic heterocycles. The summed E-state index contributed by atoms with van der Waals surface area (Å²) >= 11 is 0. The molecular formula is C27H22N3O4-. The maximum atomic E-state index is 13.7. The summed E-state index contributed by atoms with van der Waals surface area (Å²) in [5, 5.41) is 20.1. The normalized spacial score (nSPS) is 15.2. The van der Waals surface area contributed by atoms with Crippen LogP contribution in [0.15, 0.2) is 59.1 Å². The van der Waals surface area contributed by atoms with Gasteiger partial charge in [-0.2, -0.15) is 0 Å². The standard InChI is InChI=1S/C27H23N3O4/c31-25-16-9-3-4-10-17(16)26-23-22(25)20(28-19-12-6-5-11-18(19)27(32)33)15-21(24(23)29-34-26)30-13-7-1-2-8-14-30/h3-6,9-12,15,28H,1-2,7-8,13-14H2,(H,32,33)/p-1. The number of carboxylic acid groups (broad SMARTS) is 1. The fourth-order valence-electron chi connectivity index (χ4n) is 5.11. The van der Waals surface area contributed by atoms with Gasteiger partial charge in [0.1, 0.15) is 5.52 Å². The Balaban J connectivity index is 1.61. The predicted octanol–water partition coefficient (Wildman–Crippen LogP) is 4.53. The number of para-hydroxylation sites is 1. The predicted molar refractivity (Wildman–Crippen MR) is 128 cm³/mol. The van der Waals surface area contributed by atoms with Gasteiger partial charge >= 0.3 is 0 Å². The van der Waals surface area contributed by atoms with Crippen LogP contribution in [0.2, 0.25) is 0 Å². The topological polar surface area (TPSA) is 98.5 Å². The quantitative estimate of drug-likeness (QED) is 0.428. The van der Waals surface area contributed by atoms with Crippen molar-refractivity contribution in [3.05, 3.63) is 71.3 Å². The van der Waals surface area contributed by atoms with E-state index in [1.54, 1.807) is 24.3 Å². The molecule has 7 nitrogen and oxygen atoms in total. The number of nitrogens with one attached hydrogen (secondary N) is 1.